The molecular weight excluding hydrogens is 162 g/mol. The van der Waals surface area contributed by atoms with E-state index < -0.39 is 0 Å². The molecule has 0 radical (unpaired) electrons. The zero-order valence-corrected chi connectivity index (χ0v) is 8.12. The molecule has 1 heterocycles. The zero-order chi connectivity index (χ0) is 10.1. The highest BCUT2D eigenvalue weighted by Gasteiger charge is 1.72. The number of nitrogens with two attached hydrogens (primary N) is 2. The molecule has 0 aliphatic heterocycles. The van der Waals surface area contributed by atoms with Crippen LogP contribution in [-0.4, -0.2) is 4.98 Å². The van der Waals surface area contributed by atoms with E-state index in [1.165, 1.54) is 11.9 Å². The summed E-state index contributed by atoms with van der Waals surface area (Å²) in [6.07, 6.45) is 6.78. The maximum Gasteiger partial charge on any atom is 0.0115 e. The van der Waals surface area contributed by atoms with Gasteiger partial charge in [0, 0.05) is 17.6 Å². The first kappa shape index (κ1) is 11.4. The molecule has 0 fully saturated rings. The lowest BCUT2D eigenvalue weighted by atomic mass is 10.4. The van der Waals surface area contributed by atoms with E-state index >= 15 is 0 Å². The fraction of sp³-hybridized carbons (Fsp3) is 0.200. The van der Waals surface area contributed by atoms with Crippen LogP contribution in [0.2, 0.25) is 0 Å². The number of allylic oxidation sites excluding steroid dienone is 3. The van der Waals surface area contributed by atoms with E-state index in [9.17, 15) is 0 Å². The average molecular weight is 179 g/mol. The fourth-order valence-electron chi connectivity index (χ4n) is 0.627. The Bertz CT molecular complexity index is 254. The predicted molar refractivity (Wildman–Crippen MR) is 56.8 cm³/mol. The van der Waals surface area contributed by atoms with Crippen LogP contribution in [0.1, 0.15) is 12.6 Å². The van der Waals surface area contributed by atoms with Gasteiger partial charge >= 0.3 is 0 Å². The van der Waals surface area contributed by atoms with Crippen molar-refractivity contribution in [2.45, 2.75) is 13.8 Å². The number of aromatic nitrogens is 1. The number of H-pyrrole nitrogens is 1. The molecule has 1 aromatic heterocycles. The molecule has 72 valence electrons. The van der Waals surface area contributed by atoms with Gasteiger partial charge in [0.05, 0.1) is 0 Å². The van der Waals surface area contributed by atoms with Crippen LogP contribution >= 0.6 is 0 Å². The quantitative estimate of drug-likeness (QED) is 0.574. The Balaban J connectivity index is 0.000000223. The molecule has 0 amide bonds. The molecule has 0 bridgehead atoms. The molecule has 1 aromatic rings. The van der Waals surface area contributed by atoms with Gasteiger partial charge in [-0.25, -0.2) is 0 Å². The van der Waals surface area contributed by atoms with Gasteiger partial charge in [-0.1, -0.05) is 0 Å². The third-order valence-electron chi connectivity index (χ3n) is 1.22. The lowest BCUT2D eigenvalue weighted by Gasteiger charge is -1.79. The van der Waals surface area contributed by atoms with Crippen molar-refractivity contribution in [2.75, 3.05) is 0 Å². The minimum Gasteiger partial charge on any atom is -0.405 e. The second-order valence-electron chi connectivity index (χ2n) is 2.65. The molecule has 0 aliphatic rings. The number of rotatable bonds is 1. The SMILES string of the molecule is C/C(N)=C/C=C\N.Cc1ccc[nH]1. The molecule has 0 atom stereocenters. The van der Waals surface area contributed by atoms with Crippen LogP contribution in [0.3, 0.4) is 0 Å². The zero-order valence-electron chi connectivity index (χ0n) is 8.12. The Hall–Kier alpha value is -1.64. The van der Waals surface area contributed by atoms with Crippen molar-refractivity contribution in [1.29, 1.82) is 0 Å². The van der Waals surface area contributed by atoms with Gasteiger partial charge in [0.2, 0.25) is 0 Å². The molecule has 0 saturated carbocycles. The van der Waals surface area contributed by atoms with Gasteiger partial charge in [0.1, 0.15) is 0 Å². The summed E-state index contributed by atoms with van der Waals surface area (Å²) in [4.78, 5) is 3.00. The summed E-state index contributed by atoms with van der Waals surface area (Å²) in [5, 5.41) is 0. The molecule has 1 rings (SSSR count). The molecule has 5 N–H and O–H groups in total. The first-order valence-electron chi connectivity index (χ1n) is 4.07. The topological polar surface area (TPSA) is 67.8 Å². The molecular formula is C10H17N3. The molecule has 3 nitrogen and oxygen atoms in total. The Labute approximate surface area is 79.1 Å². The maximum atomic E-state index is 5.23. The van der Waals surface area contributed by atoms with Crippen LogP contribution < -0.4 is 11.5 Å². The standard InChI is InChI=1S/C5H10N2.C5H7N/c1-5(7)3-2-4-6;1-5-3-2-4-6-5/h2-4H,6-7H2,1H3;2-4,6H,1H3/b4-2-,5-3-;. The van der Waals surface area contributed by atoms with Crippen LogP contribution in [-0.2, 0) is 0 Å². The number of nitrogens with one attached hydrogen (secondary N) is 1. The van der Waals surface area contributed by atoms with Crippen molar-refractivity contribution in [3.8, 4) is 0 Å². The Morgan fingerprint density at radius 1 is 1.54 bits per heavy atom. The number of aryl methyl sites for hydroxylation is 1. The summed E-state index contributed by atoms with van der Waals surface area (Å²) in [7, 11) is 0. The Morgan fingerprint density at radius 3 is 2.38 bits per heavy atom. The van der Waals surface area contributed by atoms with Crippen LogP contribution in [0.4, 0.5) is 0 Å². The van der Waals surface area contributed by atoms with Crippen molar-refractivity contribution in [3.05, 3.63) is 48.1 Å². The van der Waals surface area contributed by atoms with E-state index in [-0.39, 0.29) is 0 Å². The molecule has 0 saturated heterocycles. The first-order valence-corrected chi connectivity index (χ1v) is 4.07. The third kappa shape index (κ3) is 8.26. The van der Waals surface area contributed by atoms with E-state index in [1.807, 2.05) is 25.3 Å². The van der Waals surface area contributed by atoms with Gasteiger partial charge in [-0.05, 0) is 44.3 Å². The normalized spacial score (nSPS) is 11.1. The Morgan fingerprint density at radius 2 is 2.23 bits per heavy atom. The largest absolute Gasteiger partial charge is 0.405 e. The van der Waals surface area contributed by atoms with Crippen LogP contribution in [0.5, 0.6) is 0 Å². The second kappa shape index (κ2) is 7.03. The summed E-state index contributed by atoms with van der Waals surface area (Å²) in [5.74, 6) is 0. The second-order valence-corrected chi connectivity index (χ2v) is 2.65. The summed E-state index contributed by atoms with van der Waals surface area (Å²) in [5.41, 5.74) is 12.2. The van der Waals surface area contributed by atoms with Gasteiger partial charge in [0.25, 0.3) is 0 Å². The van der Waals surface area contributed by atoms with Gasteiger partial charge in [0.15, 0.2) is 0 Å². The van der Waals surface area contributed by atoms with Crippen LogP contribution in [0.25, 0.3) is 0 Å². The molecule has 3 heteroatoms. The number of aromatic amines is 1. The van der Waals surface area contributed by atoms with Crippen molar-refractivity contribution < 1.29 is 0 Å². The predicted octanol–water partition coefficient (Wildman–Crippen LogP) is 1.64. The van der Waals surface area contributed by atoms with E-state index in [4.69, 9.17) is 11.5 Å². The summed E-state index contributed by atoms with van der Waals surface area (Å²) >= 11 is 0. The van der Waals surface area contributed by atoms with Crippen LogP contribution in [0, 0.1) is 6.92 Å². The third-order valence-corrected chi connectivity index (χ3v) is 1.22. The highest BCUT2D eigenvalue weighted by molar-refractivity contribution is 5.05. The average Bonchev–Trinajstić information content (AvgIpc) is 2.53. The highest BCUT2D eigenvalue weighted by atomic mass is 14.7. The van der Waals surface area contributed by atoms with Crippen molar-refractivity contribution in [3.63, 3.8) is 0 Å². The molecule has 0 spiro atoms. The summed E-state index contributed by atoms with van der Waals surface area (Å²) < 4.78 is 0. The van der Waals surface area contributed by atoms with E-state index in [2.05, 4.69) is 4.98 Å². The first-order chi connectivity index (χ1) is 6.16. The highest BCUT2D eigenvalue weighted by Crippen LogP contribution is 1.86. The lowest BCUT2D eigenvalue weighted by molar-refractivity contribution is 1.27. The van der Waals surface area contributed by atoms with Gasteiger partial charge in [-0.15, -0.1) is 0 Å². The van der Waals surface area contributed by atoms with Gasteiger partial charge in [-0.2, -0.15) is 0 Å². The van der Waals surface area contributed by atoms with Gasteiger partial charge < -0.3 is 16.5 Å². The van der Waals surface area contributed by atoms with Gasteiger partial charge in [-0.3, -0.25) is 0 Å². The van der Waals surface area contributed by atoms with Crippen molar-refractivity contribution in [1.82, 2.24) is 4.98 Å². The number of hydrogen-bond acceptors (Lipinski definition) is 2. The van der Waals surface area contributed by atoms with Crippen molar-refractivity contribution >= 4 is 0 Å². The lowest BCUT2D eigenvalue weighted by Crippen LogP contribution is -1.88. The minimum absolute atomic E-state index is 0.765. The molecule has 13 heavy (non-hydrogen) atoms. The summed E-state index contributed by atoms with van der Waals surface area (Å²) in [6, 6.07) is 4.01. The molecule has 0 aliphatic carbocycles. The monoisotopic (exact) mass is 179 g/mol. The molecule has 0 aromatic carbocycles. The summed E-state index contributed by atoms with van der Waals surface area (Å²) in [6.45, 7) is 3.83. The van der Waals surface area contributed by atoms with Crippen LogP contribution in [0.15, 0.2) is 42.4 Å². The van der Waals surface area contributed by atoms with E-state index in [0.717, 1.165) is 5.70 Å². The fourth-order valence-corrected chi connectivity index (χ4v) is 0.627. The number of hydrogen-bond donors (Lipinski definition) is 3. The minimum atomic E-state index is 0.765. The maximum absolute atomic E-state index is 5.23. The molecule has 0 unspecified atom stereocenters. The van der Waals surface area contributed by atoms with Crippen molar-refractivity contribution in [2.24, 2.45) is 11.5 Å². The van der Waals surface area contributed by atoms with E-state index in [1.54, 1.807) is 19.1 Å². The Kier molecular flexibility index (Phi) is 6.15. The smallest absolute Gasteiger partial charge is 0.0115 e. The van der Waals surface area contributed by atoms with E-state index in [0.29, 0.717) is 0 Å².